The highest BCUT2D eigenvalue weighted by Gasteiger charge is 2.13. The lowest BCUT2D eigenvalue weighted by atomic mass is 10.2. The topological polar surface area (TPSA) is 63.1 Å². The van der Waals surface area contributed by atoms with E-state index in [0.29, 0.717) is 16.1 Å². The zero-order valence-electron chi connectivity index (χ0n) is 6.19. The molecule has 4 nitrogen and oxygen atoms in total. The molecule has 0 saturated carbocycles. The van der Waals surface area contributed by atoms with Crippen molar-refractivity contribution in [2.24, 2.45) is 0 Å². The first-order chi connectivity index (χ1) is 6.20. The summed E-state index contributed by atoms with van der Waals surface area (Å²) in [7, 11) is 0. The Labute approximate surface area is 82.1 Å². The van der Waals surface area contributed by atoms with Crippen molar-refractivity contribution in [3.05, 3.63) is 22.7 Å². The molecule has 0 spiro atoms. The fourth-order valence-corrected chi connectivity index (χ4v) is 1.83. The molecule has 0 unspecified atom stereocenters. The number of carboxylic acid groups (broad SMARTS) is 1. The Hall–Kier alpha value is -1.20. The molecular weight excluding hydrogens is 212 g/mol. The molecule has 66 valence electrons. The van der Waals surface area contributed by atoms with Crippen LogP contribution in [0.1, 0.15) is 10.4 Å². The van der Waals surface area contributed by atoms with Crippen LogP contribution in [0.5, 0.6) is 0 Å². The number of benzene rings is 1. The predicted octanol–water partition coefficient (Wildman–Crippen LogP) is 2.04. The van der Waals surface area contributed by atoms with Gasteiger partial charge in [-0.1, -0.05) is 11.6 Å². The van der Waals surface area contributed by atoms with E-state index in [9.17, 15) is 4.79 Å². The molecule has 1 heterocycles. The van der Waals surface area contributed by atoms with Crippen molar-refractivity contribution in [2.45, 2.75) is 0 Å². The summed E-state index contributed by atoms with van der Waals surface area (Å²) in [5, 5.41) is 9.21. The molecule has 0 fully saturated rings. The molecule has 0 radical (unpaired) electrons. The molecule has 0 amide bonds. The van der Waals surface area contributed by atoms with Crippen LogP contribution in [-0.4, -0.2) is 19.8 Å². The van der Waals surface area contributed by atoms with Crippen molar-refractivity contribution in [1.29, 1.82) is 0 Å². The average Bonchev–Trinajstić information content (AvgIpc) is 2.53. The van der Waals surface area contributed by atoms with Crippen molar-refractivity contribution in [1.82, 2.24) is 8.75 Å². The lowest BCUT2D eigenvalue weighted by Gasteiger charge is -1.95. The minimum Gasteiger partial charge on any atom is -0.478 e. The monoisotopic (exact) mass is 214 g/mol. The molecule has 0 atom stereocenters. The fraction of sp³-hybridized carbons (Fsp3) is 0. The zero-order chi connectivity index (χ0) is 9.42. The number of hydrogen-bond donors (Lipinski definition) is 1. The van der Waals surface area contributed by atoms with Crippen LogP contribution in [0, 0.1) is 0 Å². The summed E-state index contributed by atoms with van der Waals surface area (Å²) in [5.41, 5.74) is 0.935. The van der Waals surface area contributed by atoms with Gasteiger partial charge in [0.15, 0.2) is 0 Å². The molecule has 0 aliphatic heterocycles. The number of hydrogen-bond acceptors (Lipinski definition) is 4. The van der Waals surface area contributed by atoms with E-state index in [-0.39, 0.29) is 5.56 Å². The van der Waals surface area contributed by atoms with Gasteiger partial charge in [0.1, 0.15) is 11.0 Å². The van der Waals surface area contributed by atoms with Gasteiger partial charge in [0.05, 0.1) is 22.3 Å². The molecule has 2 rings (SSSR count). The van der Waals surface area contributed by atoms with Crippen LogP contribution in [0.2, 0.25) is 5.02 Å². The van der Waals surface area contributed by atoms with Gasteiger partial charge in [0, 0.05) is 0 Å². The number of carbonyl (C=O) groups is 1. The third-order valence-corrected chi connectivity index (χ3v) is 2.43. The van der Waals surface area contributed by atoms with Gasteiger partial charge in [-0.25, -0.2) is 4.79 Å². The SMILES string of the molecule is O=C(O)c1ccc(Cl)c2nsnc12. The van der Waals surface area contributed by atoms with Crippen molar-refractivity contribution in [2.75, 3.05) is 0 Å². The maximum Gasteiger partial charge on any atom is 0.338 e. The van der Waals surface area contributed by atoms with Crippen LogP contribution < -0.4 is 0 Å². The van der Waals surface area contributed by atoms with E-state index < -0.39 is 5.97 Å². The largest absolute Gasteiger partial charge is 0.478 e. The van der Waals surface area contributed by atoms with Gasteiger partial charge in [-0.05, 0) is 12.1 Å². The molecular formula is C7H3ClN2O2S. The average molecular weight is 215 g/mol. The van der Waals surface area contributed by atoms with Crippen LogP contribution in [0.15, 0.2) is 12.1 Å². The second-order valence-electron chi connectivity index (χ2n) is 2.36. The number of rotatable bonds is 1. The van der Waals surface area contributed by atoms with Crippen LogP contribution in [0.4, 0.5) is 0 Å². The number of halogens is 1. The molecule has 6 heteroatoms. The quantitative estimate of drug-likeness (QED) is 0.789. The van der Waals surface area contributed by atoms with E-state index in [1.165, 1.54) is 12.1 Å². The summed E-state index contributed by atoms with van der Waals surface area (Å²) in [5.74, 6) is -1.02. The highest BCUT2D eigenvalue weighted by atomic mass is 35.5. The highest BCUT2D eigenvalue weighted by molar-refractivity contribution is 7.00. The molecule has 0 aliphatic rings. The van der Waals surface area contributed by atoms with Gasteiger partial charge >= 0.3 is 5.97 Å². The number of carboxylic acids is 1. The first-order valence-electron chi connectivity index (χ1n) is 3.34. The Kier molecular flexibility index (Phi) is 1.90. The minimum atomic E-state index is -1.02. The normalized spacial score (nSPS) is 10.5. The van der Waals surface area contributed by atoms with E-state index in [0.717, 1.165) is 11.7 Å². The Morgan fingerprint density at radius 2 is 2.08 bits per heavy atom. The molecule has 0 aliphatic carbocycles. The van der Waals surface area contributed by atoms with Gasteiger partial charge in [0.25, 0.3) is 0 Å². The number of aromatic nitrogens is 2. The van der Waals surface area contributed by atoms with E-state index in [1.807, 2.05) is 0 Å². The van der Waals surface area contributed by atoms with Gasteiger partial charge in [-0.3, -0.25) is 0 Å². The predicted molar refractivity (Wildman–Crippen MR) is 49.4 cm³/mol. The first-order valence-corrected chi connectivity index (χ1v) is 4.45. The van der Waals surface area contributed by atoms with Crippen molar-refractivity contribution in [3.63, 3.8) is 0 Å². The number of fused-ring (bicyclic) bond motifs is 1. The Morgan fingerprint density at radius 3 is 2.77 bits per heavy atom. The number of nitrogens with zero attached hydrogens (tertiary/aromatic N) is 2. The van der Waals surface area contributed by atoms with Gasteiger partial charge in [-0.15, -0.1) is 0 Å². The second-order valence-corrected chi connectivity index (χ2v) is 3.30. The fourth-order valence-electron chi connectivity index (χ4n) is 1.01. The van der Waals surface area contributed by atoms with Crippen molar-refractivity contribution < 1.29 is 9.90 Å². The Balaban J connectivity index is 2.86. The Morgan fingerprint density at radius 1 is 1.38 bits per heavy atom. The second kappa shape index (κ2) is 2.93. The summed E-state index contributed by atoms with van der Waals surface area (Å²) < 4.78 is 7.76. The minimum absolute atomic E-state index is 0.133. The molecule has 13 heavy (non-hydrogen) atoms. The highest BCUT2D eigenvalue weighted by Crippen LogP contribution is 2.24. The molecule has 1 aromatic carbocycles. The third-order valence-electron chi connectivity index (χ3n) is 1.60. The summed E-state index contributed by atoms with van der Waals surface area (Å²) in [6.45, 7) is 0. The van der Waals surface area contributed by atoms with E-state index in [1.54, 1.807) is 0 Å². The molecule has 0 saturated heterocycles. The van der Waals surface area contributed by atoms with E-state index in [4.69, 9.17) is 16.7 Å². The van der Waals surface area contributed by atoms with E-state index >= 15 is 0 Å². The summed E-state index contributed by atoms with van der Waals surface area (Å²) in [6.07, 6.45) is 0. The Bertz CT molecular complexity index is 482. The van der Waals surface area contributed by atoms with Gasteiger partial charge in [0.2, 0.25) is 0 Å². The summed E-state index contributed by atoms with van der Waals surface area (Å²) in [4.78, 5) is 10.7. The first kappa shape index (κ1) is 8.40. The maximum atomic E-state index is 10.7. The summed E-state index contributed by atoms with van der Waals surface area (Å²) >= 11 is 6.74. The third kappa shape index (κ3) is 1.26. The smallest absolute Gasteiger partial charge is 0.338 e. The zero-order valence-corrected chi connectivity index (χ0v) is 7.76. The van der Waals surface area contributed by atoms with Crippen molar-refractivity contribution >= 4 is 40.3 Å². The van der Waals surface area contributed by atoms with Crippen LogP contribution in [0.25, 0.3) is 11.0 Å². The standard InChI is InChI=1S/C7H3ClN2O2S/c8-4-2-1-3(7(11)12)5-6(4)10-13-9-5/h1-2H,(H,11,12). The van der Waals surface area contributed by atoms with Crippen LogP contribution in [0.3, 0.4) is 0 Å². The maximum absolute atomic E-state index is 10.7. The van der Waals surface area contributed by atoms with Crippen LogP contribution >= 0.6 is 23.3 Å². The number of aromatic carboxylic acids is 1. The van der Waals surface area contributed by atoms with Crippen molar-refractivity contribution in [3.8, 4) is 0 Å². The molecule has 1 N–H and O–H groups in total. The molecule has 1 aromatic heterocycles. The molecule has 0 bridgehead atoms. The van der Waals surface area contributed by atoms with Gasteiger partial charge < -0.3 is 5.11 Å². The van der Waals surface area contributed by atoms with Crippen LogP contribution in [-0.2, 0) is 0 Å². The van der Waals surface area contributed by atoms with Gasteiger partial charge in [-0.2, -0.15) is 8.75 Å². The lowest BCUT2D eigenvalue weighted by molar-refractivity contribution is 0.0699. The van der Waals surface area contributed by atoms with E-state index in [2.05, 4.69) is 8.75 Å². The lowest BCUT2D eigenvalue weighted by Crippen LogP contribution is -1.97. The molecule has 2 aromatic rings. The summed E-state index contributed by atoms with van der Waals surface area (Å²) in [6, 6.07) is 2.93.